The Balaban J connectivity index is 1.65. The highest BCUT2D eigenvalue weighted by atomic mass is 16.6. The molecule has 2 aliphatic heterocycles. The maximum absolute atomic E-state index is 14.5. The molecule has 3 aliphatic carbocycles. The summed E-state index contributed by atoms with van der Waals surface area (Å²) in [4.78, 5) is 65.4. The molecular formula is C32H42O10. The van der Waals surface area contributed by atoms with E-state index in [1.807, 2.05) is 40.7 Å². The Bertz CT molecular complexity index is 1280. The lowest BCUT2D eigenvalue weighted by Gasteiger charge is -2.64. The summed E-state index contributed by atoms with van der Waals surface area (Å²) in [6.45, 7) is 11.5. The van der Waals surface area contributed by atoms with E-state index in [0.29, 0.717) is 19.3 Å². The molecule has 1 saturated heterocycles. The molecule has 10 heteroatoms. The monoisotopic (exact) mass is 586 g/mol. The SMILES string of the molecule is CC[C@@H](C)C(=O)O[C@@H]1[C@@H]2C=C3[C@@H](CC[C@]4(C)[C@H]3CC(=O)O[C@H]4C3=CC(=O)O[C@H]3O)[C@@](C)(C2=O)[C@@H](CC(=O)OC)C1(C)C. The number of esters is 4. The van der Waals surface area contributed by atoms with Crippen molar-refractivity contribution in [2.45, 2.75) is 92.1 Å². The Morgan fingerprint density at radius 1 is 1.10 bits per heavy atom. The van der Waals surface area contributed by atoms with Crippen LogP contribution in [0.3, 0.4) is 0 Å². The molecule has 230 valence electrons. The number of aliphatic hydroxyl groups excluding tert-OH is 1. The minimum Gasteiger partial charge on any atom is -0.469 e. The van der Waals surface area contributed by atoms with Crippen LogP contribution in [0.25, 0.3) is 0 Å². The quantitative estimate of drug-likeness (QED) is 0.279. The van der Waals surface area contributed by atoms with Gasteiger partial charge < -0.3 is 24.1 Å². The van der Waals surface area contributed by atoms with Crippen LogP contribution < -0.4 is 0 Å². The number of allylic oxidation sites excluding steroid dienone is 1. The summed E-state index contributed by atoms with van der Waals surface area (Å²) in [5.41, 5.74) is -1.32. The number of methoxy groups -OCH3 is 1. The topological polar surface area (TPSA) is 142 Å². The van der Waals surface area contributed by atoms with Gasteiger partial charge in [-0.05, 0) is 37.0 Å². The van der Waals surface area contributed by atoms with Gasteiger partial charge >= 0.3 is 23.9 Å². The summed E-state index contributed by atoms with van der Waals surface area (Å²) in [6, 6.07) is 0. The van der Waals surface area contributed by atoms with E-state index < -0.39 is 70.5 Å². The first kappa shape index (κ1) is 30.4. The molecule has 0 amide bonds. The first-order valence-electron chi connectivity index (χ1n) is 14.9. The van der Waals surface area contributed by atoms with Crippen molar-refractivity contribution in [2.75, 3.05) is 7.11 Å². The van der Waals surface area contributed by atoms with Crippen LogP contribution in [-0.4, -0.2) is 60.4 Å². The van der Waals surface area contributed by atoms with Gasteiger partial charge in [0.15, 0.2) is 0 Å². The molecule has 42 heavy (non-hydrogen) atoms. The van der Waals surface area contributed by atoms with E-state index in [4.69, 9.17) is 18.9 Å². The molecular weight excluding hydrogens is 544 g/mol. The maximum Gasteiger partial charge on any atom is 0.333 e. The number of Topliss-reactive ketones (excluding diaryl/α,β-unsaturated/α-hetero) is 1. The van der Waals surface area contributed by atoms with Gasteiger partial charge in [0.2, 0.25) is 6.29 Å². The summed E-state index contributed by atoms with van der Waals surface area (Å²) >= 11 is 0. The average molecular weight is 587 g/mol. The Morgan fingerprint density at radius 2 is 1.79 bits per heavy atom. The van der Waals surface area contributed by atoms with Gasteiger partial charge in [-0.1, -0.05) is 53.2 Å². The van der Waals surface area contributed by atoms with Crippen molar-refractivity contribution < 1.29 is 48.0 Å². The van der Waals surface area contributed by atoms with E-state index in [0.717, 1.165) is 5.57 Å². The van der Waals surface area contributed by atoms with Crippen LogP contribution in [0.4, 0.5) is 0 Å². The smallest absolute Gasteiger partial charge is 0.333 e. The highest BCUT2D eigenvalue weighted by Gasteiger charge is 2.69. The Labute approximate surface area is 246 Å². The fourth-order valence-corrected chi connectivity index (χ4v) is 8.76. The minimum atomic E-state index is -1.50. The number of carbonyl (C=O) groups is 5. The predicted molar refractivity (Wildman–Crippen MR) is 147 cm³/mol. The lowest BCUT2D eigenvalue weighted by atomic mass is 9.40. The maximum atomic E-state index is 14.5. The number of hydrogen-bond acceptors (Lipinski definition) is 10. The highest BCUT2D eigenvalue weighted by molar-refractivity contribution is 5.94. The van der Waals surface area contributed by atoms with Crippen LogP contribution in [0, 0.1) is 45.8 Å². The Kier molecular flexibility index (Phi) is 7.48. The average Bonchev–Trinajstić information content (AvgIpc) is 3.27. The van der Waals surface area contributed by atoms with E-state index in [9.17, 15) is 29.1 Å². The highest BCUT2D eigenvalue weighted by Crippen LogP contribution is 2.67. The van der Waals surface area contributed by atoms with Crippen LogP contribution in [0.15, 0.2) is 23.3 Å². The van der Waals surface area contributed by atoms with Gasteiger partial charge in [0, 0.05) is 34.3 Å². The van der Waals surface area contributed by atoms with Crippen LogP contribution in [0.5, 0.6) is 0 Å². The minimum absolute atomic E-state index is 0.0231. The van der Waals surface area contributed by atoms with Crippen LogP contribution >= 0.6 is 0 Å². The Hall–Kier alpha value is -3.01. The lowest BCUT2D eigenvalue weighted by molar-refractivity contribution is -0.197. The fourth-order valence-electron chi connectivity index (χ4n) is 8.76. The number of rotatable bonds is 6. The summed E-state index contributed by atoms with van der Waals surface area (Å²) in [7, 11) is 1.32. The standard InChI is InChI=1S/C32H42O10/c1-8-15(2)28(37)42-26-17-11-16-19(32(6,25(17)36)21(30(26,3)4)14-22(33)39-7)9-10-31(5)20(16)13-24(35)40-27(31)18-12-23(34)41-29(18)38/h11-12,15,17,19-21,26-27,29,38H,8-10,13-14H2,1-7H3/t15-,17-,19-,20+,21+,26-,27+,29-,31-,32-/m1/s1. The molecule has 10 nitrogen and oxygen atoms in total. The molecule has 5 aliphatic rings. The van der Waals surface area contributed by atoms with Crippen LogP contribution in [-0.2, 0) is 42.9 Å². The fraction of sp³-hybridized carbons (Fsp3) is 0.719. The zero-order chi connectivity index (χ0) is 30.9. The second kappa shape index (κ2) is 10.3. The van der Waals surface area contributed by atoms with Gasteiger partial charge in [-0.25, -0.2) is 4.79 Å². The van der Waals surface area contributed by atoms with E-state index >= 15 is 0 Å². The largest absolute Gasteiger partial charge is 0.469 e. The van der Waals surface area contributed by atoms with Crippen molar-refractivity contribution in [1.82, 2.24) is 0 Å². The van der Waals surface area contributed by atoms with Crippen molar-refractivity contribution in [1.29, 1.82) is 0 Å². The molecule has 2 bridgehead atoms. The predicted octanol–water partition coefficient (Wildman–Crippen LogP) is 3.44. The summed E-state index contributed by atoms with van der Waals surface area (Å²) in [5, 5.41) is 10.5. The van der Waals surface area contributed by atoms with E-state index in [2.05, 4.69) is 0 Å². The van der Waals surface area contributed by atoms with E-state index in [1.54, 1.807) is 6.92 Å². The normalized spacial score (nSPS) is 40.9. The van der Waals surface area contributed by atoms with Gasteiger partial charge in [-0.2, -0.15) is 0 Å². The first-order chi connectivity index (χ1) is 19.6. The van der Waals surface area contributed by atoms with Gasteiger partial charge in [0.25, 0.3) is 0 Å². The number of cyclic esters (lactones) is 2. The molecule has 2 heterocycles. The molecule has 0 radical (unpaired) electrons. The molecule has 2 saturated carbocycles. The first-order valence-corrected chi connectivity index (χ1v) is 14.9. The number of hydrogen-bond donors (Lipinski definition) is 1. The van der Waals surface area contributed by atoms with Gasteiger partial charge in [-0.15, -0.1) is 0 Å². The number of aliphatic hydroxyl groups is 1. The molecule has 0 aromatic carbocycles. The Morgan fingerprint density at radius 3 is 2.38 bits per heavy atom. The second-order valence-electron chi connectivity index (χ2n) is 13.8. The van der Waals surface area contributed by atoms with Crippen molar-refractivity contribution in [2.24, 2.45) is 45.8 Å². The van der Waals surface area contributed by atoms with Gasteiger partial charge in [0.05, 0.1) is 25.4 Å². The molecule has 3 fully saturated rings. The molecule has 0 aromatic rings. The molecule has 0 aromatic heterocycles. The van der Waals surface area contributed by atoms with Crippen LogP contribution in [0.1, 0.15) is 73.6 Å². The molecule has 1 N–H and O–H groups in total. The van der Waals surface area contributed by atoms with Crippen molar-refractivity contribution in [3.8, 4) is 0 Å². The number of carbonyl (C=O) groups excluding carboxylic acids is 5. The van der Waals surface area contributed by atoms with Crippen molar-refractivity contribution in [3.05, 3.63) is 23.3 Å². The number of ether oxygens (including phenoxy) is 4. The van der Waals surface area contributed by atoms with E-state index in [-0.39, 0.29) is 42.0 Å². The third-order valence-electron chi connectivity index (χ3n) is 11.4. The second-order valence-corrected chi connectivity index (χ2v) is 13.8. The third-order valence-corrected chi connectivity index (χ3v) is 11.4. The van der Waals surface area contributed by atoms with Gasteiger partial charge in [0.1, 0.15) is 18.0 Å². The lowest BCUT2D eigenvalue weighted by Crippen LogP contribution is -2.67. The zero-order valence-corrected chi connectivity index (χ0v) is 25.4. The van der Waals surface area contributed by atoms with Crippen molar-refractivity contribution >= 4 is 29.7 Å². The third kappa shape index (κ3) is 4.35. The van der Waals surface area contributed by atoms with Gasteiger partial charge in [-0.3, -0.25) is 19.2 Å². The summed E-state index contributed by atoms with van der Waals surface area (Å²) < 4.78 is 21.9. The van der Waals surface area contributed by atoms with Crippen molar-refractivity contribution in [3.63, 3.8) is 0 Å². The molecule has 0 unspecified atom stereocenters. The molecule has 0 spiro atoms. The zero-order valence-electron chi connectivity index (χ0n) is 25.4. The van der Waals surface area contributed by atoms with Crippen LogP contribution in [0.2, 0.25) is 0 Å². The molecule has 5 rings (SSSR count). The van der Waals surface area contributed by atoms with E-state index in [1.165, 1.54) is 13.2 Å². The number of fused-ring (bicyclic) bond motifs is 6. The molecule has 10 atom stereocenters. The summed E-state index contributed by atoms with van der Waals surface area (Å²) in [5.74, 6) is -4.37. The summed E-state index contributed by atoms with van der Waals surface area (Å²) in [6.07, 6.45) is 1.61. The number of ketones is 1.